The number of benzene rings is 2. The Hall–Kier alpha value is -2.40. The van der Waals surface area contributed by atoms with Gasteiger partial charge in [0.05, 0.1) is 20.3 Å². The van der Waals surface area contributed by atoms with E-state index in [1.807, 2.05) is 36.1 Å². The topological polar surface area (TPSA) is 48.0 Å². The molecule has 2 aromatic carbocycles. The first kappa shape index (κ1) is 19.4. The highest BCUT2D eigenvalue weighted by atomic mass is 35.5. The first-order chi connectivity index (χ1) is 13.0. The maximum Gasteiger partial charge on any atom is 0.261 e. The molecule has 0 N–H and O–H groups in total. The molecule has 1 heterocycles. The maximum atomic E-state index is 12.8. The Morgan fingerprint density at radius 3 is 2.63 bits per heavy atom. The summed E-state index contributed by atoms with van der Waals surface area (Å²) in [5, 5.41) is 0.679. The molecule has 1 unspecified atom stereocenters. The SMILES string of the molecule is COc1ccc(OC)c(C2CCCN2C(=O)COc2ccc(Cl)c(C)c2)c1. The molecule has 0 aliphatic carbocycles. The van der Waals surface area contributed by atoms with E-state index in [9.17, 15) is 4.79 Å². The Balaban J connectivity index is 1.74. The quantitative estimate of drug-likeness (QED) is 0.734. The molecule has 0 spiro atoms. The third-order valence-electron chi connectivity index (χ3n) is 4.86. The molecule has 0 aromatic heterocycles. The number of likely N-dealkylation sites (tertiary alicyclic amines) is 1. The Morgan fingerprint density at radius 2 is 1.93 bits per heavy atom. The van der Waals surface area contributed by atoms with Crippen molar-refractivity contribution in [1.82, 2.24) is 4.90 Å². The minimum atomic E-state index is -0.0463. The van der Waals surface area contributed by atoms with Crippen molar-refractivity contribution in [3.05, 3.63) is 52.5 Å². The summed E-state index contributed by atoms with van der Waals surface area (Å²) >= 11 is 6.03. The van der Waals surface area contributed by atoms with E-state index in [0.29, 0.717) is 17.3 Å². The lowest BCUT2D eigenvalue weighted by molar-refractivity contribution is -0.134. The zero-order chi connectivity index (χ0) is 19.4. The monoisotopic (exact) mass is 389 g/mol. The van der Waals surface area contributed by atoms with Gasteiger partial charge >= 0.3 is 0 Å². The number of nitrogens with zero attached hydrogens (tertiary/aromatic N) is 1. The first-order valence-corrected chi connectivity index (χ1v) is 9.31. The fourth-order valence-corrected chi connectivity index (χ4v) is 3.54. The van der Waals surface area contributed by atoms with Gasteiger partial charge in [0.25, 0.3) is 5.91 Å². The molecule has 144 valence electrons. The van der Waals surface area contributed by atoms with Crippen molar-refractivity contribution in [2.45, 2.75) is 25.8 Å². The van der Waals surface area contributed by atoms with Gasteiger partial charge in [-0.15, -0.1) is 0 Å². The summed E-state index contributed by atoms with van der Waals surface area (Å²) < 4.78 is 16.5. The average Bonchev–Trinajstić information content (AvgIpc) is 3.17. The highest BCUT2D eigenvalue weighted by Gasteiger charge is 2.32. The normalized spacial score (nSPS) is 16.3. The van der Waals surface area contributed by atoms with Gasteiger partial charge in [0.2, 0.25) is 0 Å². The maximum absolute atomic E-state index is 12.8. The predicted octanol–water partition coefficient (Wildman–Crippen LogP) is 4.41. The van der Waals surface area contributed by atoms with Crippen LogP contribution in [0.2, 0.25) is 5.02 Å². The van der Waals surface area contributed by atoms with Crippen molar-refractivity contribution in [2.24, 2.45) is 0 Å². The summed E-state index contributed by atoms with van der Waals surface area (Å²) in [5.74, 6) is 2.10. The van der Waals surface area contributed by atoms with Gasteiger partial charge in [0, 0.05) is 17.1 Å². The number of carbonyl (C=O) groups excluding carboxylic acids is 1. The summed E-state index contributed by atoms with van der Waals surface area (Å²) in [7, 11) is 3.27. The summed E-state index contributed by atoms with van der Waals surface area (Å²) in [4.78, 5) is 14.7. The minimum Gasteiger partial charge on any atom is -0.497 e. The number of methoxy groups -OCH3 is 2. The lowest BCUT2D eigenvalue weighted by Gasteiger charge is -2.26. The summed E-state index contributed by atoms with van der Waals surface area (Å²) in [6, 6.07) is 11.0. The highest BCUT2D eigenvalue weighted by molar-refractivity contribution is 6.31. The predicted molar refractivity (Wildman–Crippen MR) is 105 cm³/mol. The van der Waals surface area contributed by atoms with Gasteiger partial charge in [0.15, 0.2) is 6.61 Å². The molecule has 1 amide bonds. The van der Waals surface area contributed by atoms with E-state index in [1.54, 1.807) is 26.4 Å². The van der Waals surface area contributed by atoms with Crippen LogP contribution < -0.4 is 14.2 Å². The molecule has 1 aliphatic rings. The molecule has 3 rings (SSSR count). The van der Waals surface area contributed by atoms with Crippen LogP contribution in [0.1, 0.15) is 30.0 Å². The molecule has 1 fully saturated rings. The van der Waals surface area contributed by atoms with Crippen molar-refractivity contribution >= 4 is 17.5 Å². The van der Waals surface area contributed by atoms with Gasteiger partial charge in [-0.1, -0.05) is 11.6 Å². The summed E-state index contributed by atoms with van der Waals surface area (Å²) in [6.45, 7) is 2.60. The van der Waals surface area contributed by atoms with Crippen molar-refractivity contribution in [1.29, 1.82) is 0 Å². The summed E-state index contributed by atoms with van der Waals surface area (Å²) in [6.07, 6.45) is 1.83. The summed E-state index contributed by atoms with van der Waals surface area (Å²) in [5.41, 5.74) is 1.88. The molecule has 0 radical (unpaired) electrons. The Morgan fingerprint density at radius 1 is 1.15 bits per heavy atom. The smallest absolute Gasteiger partial charge is 0.261 e. The van der Waals surface area contributed by atoms with Gasteiger partial charge < -0.3 is 19.1 Å². The Labute approximate surface area is 164 Å². The Kier molecular flexibility index (Phi) is 6.11. The van der Waals surface area contributed by atoms with Crippen LogP contribution >= 0.6 is 11.6 Å². The van der Waals surface area contributed by atoms with E-state index in [-0.39, 0.29) is 18.6 Å². The van der Waals surface area contributed by atoms with Crippen LogP contribution in [0.4, 0.5) is 0 Å². The van der Waals surface area contributed by atoms with Crippen LogP contribution in [0.5, 0.6) is 17.2 Å². The number of hydrogen-bond donors (Lipinski definition) is 0. The zero-order valence-electron chi connectivity index (χ0n) is 15.8. The van der Waals surface area contributed by atoms with E-state index in [1.165, 1.54) is 0 Å². The van der Waals surface area contributed by atoms with Crippen LogP contribution in [-0.2, 0) is 4.79 Å². The number of aryl methyl sites for hydroxylation is 1. The fourth-order valence-electron chi connectivity index (χ4n) is 3.42. The molecule has 1 saturated heterocycles. The van der Waals surface area contributed by atoms with Gasteiger partial charge in [-0.2, -0.15) is 0 Å². The number of carbonyl (C=O) groups is 1. The van der Waals surface area contributed by atoms with Crippen LogP contribution in [0.25, 0.3) is 0 Å². The molecule has 27 heavy (non-hydrogen) atoms. The lowest BCUT2D eigenvalue weighted by atomic mass is 10.0. The molecule has 5 nitrogen and oxygen atoms in total. The molecular formula is C21H24ClNO4. The largest absolute Gasteiger partial charge is 0.497 e. The fraction of sp³-hybridized carbons (Fsp3) is 0.381. The second kappa shape index (κ2) is 8.53. The van der Waals surface area contributed by atoms with Crippen LogP contribution in [0.3, 0.4) is 0 Å². The Bertz CT molecular complexity index is 824. The van der Waals surface area contributed by atoms with Gasteiger partial charge in [-0.25, -0.2) is 0 Å². The number of ether oxygens (including phenoxy) is 3. The van der Waals surface area contributed by atoms with Gasteiger partial charge in [-0.3, -0.25) is 4.79 Å². The van der Waals surface area contributed by atoms with E-state index in [4.69, 9.17) is 25.8 Å². The average molecular weight is 390 g/mol. The standard InChI is InChI=1S/C21H24ClNO4/c1-14-11-16(6-8-18(14)22)27-13-21(24)23-10-4-5-19(23)17-12-15(25-2)7-9-20(17)26-3/h6-9,11-12,19H,4-5,10,13H2,1-3H3. The van der Waals surface area contributed by atoms with Crippen molar-refractivity contribution in [2.75, 3.05) is 27.4 Å². The van der Waals surface area contributed by atoms with E-state index in [0.717, 1.165) is 35.5 Å². The molecule has 6 heteroatoms. The van der Waals surface area contributed by atoms with Crippen LogP contribution in [0, 0.1) is 6.92 Å². The third-order valence-corrected chi connectivity index (χ3v) is 5.28. The highest BCUT2D eigenvalue weighted by Crippen LogP contribution is 2.39. The van der Waals surface area contributed by atoms with Gasteiger partial charge in [0.1, 0.15) is 17.2 Å². The molecule has 0 bridgehead atoms. The second-order valence-corrected chi connectivity index (χ2v) is 6.96. The molecule has 0 saturated carbocycles. The van der Waals surface area contributed by atoms with Crippen molar-refractivity contribution in [3.8, 4) is 17.2 Å². The number of amides is 1. The zero-order valence-corrected chi connectivity index (χ0v) is 16.6. The minimum absolute atomic E-state index is 0.0101. The van der Waals surface area contributed by atoms with Crippen LogP contribution in [-0.4, -0.2) is 38.2 Å². The first-order valence-electron chi connectivity index (χ1n) is 8.94. The molecule has 1 atom stereocenters. The number of halogens is 1. The second-order valence-electron chi connectivity index (χ2n) is 6.55. The molecule has 1 aliphatic heterocycles. The van der Waals surface area contributed by atoms with Gasteiger partial charge in [-0.05, 0) is 61.7 Å². The molecule has 2 aromatic rings. The van der Waals surface area contributed by atoms with Crippen molar-refractivity contribution < 1.29 is 19.0 Å². The molecular weight excluding hydrogens is 366 g/mol. The van der Waals surface area contributed by atoms with Crippen molar-refractivity contribution in [3.63, 3.8) is 0 Å². The number of hydrogen-bond acceptors (Lipinski definition) is 4. The van der Waals surface area contributed by atoms with E-state index in [2.05, 4.69) is 0 Å². The van der Waals surface area contributed by atoms with Crippen LogP contribution in [0.15, 0.2) is 36.4 Å². The lowest BCUT2D eigenvalue weighted by Crippen LogP contribution is -2.34. The van der Waals surface area contributed by atoms with E-state index >= 15 is 0 Å². The third kappa shape index (κ3) is 4.30. The number of rotatable bonds is 6. The van der Waals surface area contributed by atoms with E-state index < -0.39 is 0 Å².